The number of benzene rings is 3. The Labute approximate surface area is 184 Å². The molecule has 0 aromatic heterocycles. The number of hydrogen-bond acceptors (Lipinski definition) is 4. The van der Waals surface area contributed by atoms with Gasteiger partial charge >= 0.3 is 0 Å². The van der Waals surface area contributed by atoms with Crippen LogP contribution < -0.4 is 15.4 Å². The van der Waals surface area contributed by atoms with Crippen LogP contribution in [-0.2, 0) is 9.59 Å². The van der Waals surface area contributed by atoms with E-state index in [1.165, 1.54) is 11.8 Å². The van der Waals surface area contributed by atoms with E-state index in [4.69, 9.17) is 16.3 Å². The molecule has 3 aromatic rings. The number of carbonyl (C=O) groups excluding carboxylic acids is 2. The number of carbonyl (C=O) groups is 2. The van der Waals surface area contributed by atoms with Crippen molar-refractivity contribution in [3.05, 3.63) is 83.4 Å². The molecule has 7 heteroatoms. The number of rotatable bonds is 8. The molecule has 5 nitrogen and oxygen atoms in total. The van der Waals surface area contributed by atoms with E-state index in [1.54, 1.807) is 30.3 Å². The van der Waals surface area contributed by atoms with Crippen LogP contribution in [0.4, 0.5) is 11.4 Å². The number of halogens is 1. The molecule has 154 valence electrons. The molecule has 2 amide bonds. The summed E-state index contributed by atoms with van der Waals surface area (Å²) < 4.78 is 5.44. The minimum Gasteiger partial charge on any atom is -0.484 e. The molecule has 0 fully saturated rings. The summed E-state index contributed by atoms with van der Waals surface area (Å²) in [5, 5.41) is 6.24. The van der Waals surface area contributed by atoms with Gasteiger partial charge in [0.1, 0.15) is 5.75 Å². The Hall–Kier alpha value is -2.96. The zero-order valence-electron chi connectivity index (χ0n) is 16.4. The van der Waals surface area contributed by atoms with E-state index >= 15 is 0 Å². The summed E-state index contributed by atoms with van der Waals surface area (Å²) in [6.45, 7) is 1.83. The van der Waals surface area contributed by atoms with Crippen LogP contribution >= 0.6 is 23.4 Å². The smallest absolute Gasteiger partial charge is 0.262 e. The molecular weight excluding hydrogens is 420 g/mol. The van der Waals surface area contributed by atoms with Crippen molar-refractivity contribution < 1.29 is 14.3 Å². The van der Waals surface area contributed by atoms with Gasteiger partial charge in [-0.25, -0.2) is 0 Å². The topological polar surface area (TPSA) is 67.4 Å². The predicted molar refractivity (Wildman–Crippen MR) is 123 cm³/mol. The predicted octanol–water partition coefficient (Wildman–Crippen LogP) is 5.40. The fraction of sp³-hybridized carbons (Fsp3) is 0.130. The van der Waals surface area contributed by atoms with E-state index in [1.807, 2.05) is 49.4 Å². The zero-order valence-corrected chi connectivity index (χ0v) is 17.9. The molecule has 0 saturated carbocycles. The van der Waals surface area contributed by atoms with Crippen molar-refractivity contribution in [2.75, 3.05) is 23.0 Å². The minimum absolute atomic E-state index is 0.0806. The van der Waals surface area contributed by atoms with Crippen molar-refractivity contribution >= 4 is 46.6 Å². The van der Waals surface area contributed by atoms with Gasteiger partial charge in [0.15, 0.2) is 6.61 Å². The van der Waals surface area contributed by atoms with Gasteiger partial charge < -0.3 is 15.4 Å². The Morgan fingerprint density at radius 1 is 0.933 bits per heavy atom. The molecule has 0 saturated heterocycles. The lowest BCUT2D eigenvalue weighted by atomic mass is 10.2. The number of ether oxygens (including phenoxy) is 1. The lowest BCUT2D eigenvalue weighted by Gasteiger charge is -2.10. The highest BCUT2D eigenvalue weighted by Crippen LogP contribution is 2.24. The fourth-order valence-corrected chi connectivity index (χ4v) is 3.52. The van der Waals surface area contributed by atoms with Crippen LogP contribution in [0.2, 0.25) is 5.02 Å². The molecule has 0 atom stereocenters. The Bertz CT molecular complexity index is 1030. The van der Waals surface area contributed by atoms with E-state index in [0.717, 1.165) is 10.5 Å². The molecule has 2 N–H and O–H groups in total. The van der Waals surface area contributed by atoms with E-state index in [-0.39, 0.29) is 24.2 Å². The number of anilines is 2. The van der Waals surface area contributed by atoms with E-state index in [0.29, 0.717) is 22.1 Å². The summed E-state index contributed by atoms with van der Waals surface area (Å²) in [6.07, 6.45) is 0. The third-order valence-electron chi connectivity index (χ3n) is 4.07. The molecule has 3 rings (SSSR count). The van der Waals surface area contributed by atoms with Gasteiger partial charge in [-0.3, -0.25) is 9.59 Å². The van der Waals surface area contributed by atoms with Gasteiger partial charge in [0.25, 0.3) is 5.91 Å². The fourth-order valence-electron chi connectivity index (χ4n) is 2.59. The second kappa shape index (κ2) is 10.7. The first kappa shape index (κ1) is 21.7. The van der Waals surface area contributed by atoms with Gasteiger partial charge in [-0.1, -0.05) is 41.9 Å². The Morgan fingerprint density at radius 2 is 1.73 bits per heavy atom. The summed E-state index contributed by atoms with van der Waals surface area (Å²) >= 11 is 7.37. The van der Waals surface area contributed by atoms with Gasteiger partial charge in [-0.15, -0.1) is 11.8 Å². The second-order valence-corrected chi connectivity index (χ2v) is 7.96. The van der Waals surface area contributed by atoms with Crippen molar-refractivity contribution in [2.45, 2.75) is 11.8 Å². The molecule has 0 aliphatic carbocycles. The van der Waals surface area contributed by atoms with Gasteiger partial charge in [0, 0.05) is 21.3 Å². The van der Waals surface area contributed by atoms with Crippen LogP contribution in [0.3, 0.4) is 0 Å². The molecule has 0 bridgehead atoms. The maximum atomic E-state index is 12.3. The number of thioether (sulfide) groups is 1. The summed E-state index contributed by atoms with van der Waals surface area (Å²) in [7, 11) is 0. The SMILES string of the molecule is Cc1ccc(Cl)cc1NC(=O)CSc1cccc(NC(=O)COc2ccccc2)c1. The third-order valence-corrected chi connectivity index (χ3v) is 5.30. The molecule has 0 spiro atoms. The summed E-state index contributed by atoms with van der Waals surface area (Å²) in [4.78, 5) is 25.2. The highest BCUT2D eigenvalue weighted by atomic mass is 35.5. The van der Waals surface area contributed by atoms with Crippen LogP contribution in [-0.4, -0.2) is 24.2 Å². The number of nitrogens with one attached hydrogen (secondary N) is 2. The molecule has 0 radical (unpaired) electrons. The second-order valence-electron chi connectivity index (χ2n) is 6.47. The first-order valence-electron chi connectivity index (χ1n) is 9.26. The van der Waals surface area contributed by atoms with E-state index in [2.05, 4.69) is 10.6 Å². The molecule has 3 aromatic carbocycles. The van der Waals surface area contributed by atoms with Crippen molar-refractivity contribution in [3.63, 3.8) is 0 Å². The Balaban J connectivity index is 1.49. The van der Waals surface area contributed by atoms with Crippen LogP contribution in [0.15, 0.2) is 77.7 Å². The van der Waals surface area contributed by atoms with Crippen molar-refractivity contribution in [1.29, 1.82) is 0 Å². The van der Waals surface area contributed by atoms with Crippen molar-refractivity contribution in [2.24, 2.45) is 0 Å². The minimum atomic E-state index is -0.254. The van der Waals surface area contributed by atoms with Gasteiger partial charge in [-0.05, 0) is 55.0 Å². The first-order chi connectivity index (χ1) is 14.5. The summed E-state index contributed by atoms with van der Waals surface area (Å²) in [5.41, 5.74) is 2.29. The quantitative estimate of drug-likeness (QED) is 0.460. The molecule has 0 heterocycles. The third kappa shape index (κ3) is 6.83. The van der Waals surface area contributed by atoms with Gasteiger partial charge in [0.2, 0.25) is 5.91 Å². The maximum Gasteiger partial charge on any atom is 0.262 e. The molecule has 0 aliphatic heterocycles. The first-order valence-corrected chi connectivity index (χ1v) is 10.6. The highest BCUT2D eigenvalue weighted by molar-refractivity contribution is 8.00. The van der Waals surface area contributed by atoms with Crippen molar-refractivity contribution in [3.8, 4) is 5.75 Å². The lowest BCUT2D eigenvalue weighted by molar-refractivity contribution is -0.118. The average Bonchev–Trinajstić information content (AvgIpc) is 2.74. The van der Waals surface area contributed by atoms with E-state index in [9.17, 15) is 9.59 Å². The Morgan fingerprint density at radius 3 is 2.53 bits per heavy atom. The molecule has 0 unspecified atom stereocenters. The number of aryl methyl sites for hydroxylation is 1. The van der Waals surface area contributed by atoms with E-state index < -0.39 is 0 Å². The highest BCUT2D eigenvalue weighted by Gasteiger charge is 2.08. The normalized spacial score (nSPS) is 10.3. The van der Waals surface area contributed by atoms with Crippen LogP contribution in [0.5, 0.6) is 5.75 Å². The Kier molecular flexibility index (Phi) is 7.76. The molecule has 30 heavy (non-hydrogen) atoms. The monoisotopic (exact) mass is 440 g/mol. The summed E-state index contributed by atoms with van der Waals surface area (Å²) in [5.74, 6) is 0.490. The average molecular weight is 441 g/mol. The maximum absolute atomic E-state index is 12.3. The zero-order chi connectivity index (χ0) is 21.3. The van der Waals surface area contributed by atoms with Crippen LogP contribution in [0, 0.1) is 6.92 Å². The standard InChI is InChI=1S/C23H21ClN2O3S/c1-16-10-11-17(24)12-21(16)26-23(28)15-30-20-9-5-6-18(13-20)25-22(27)14-29-19-7-3-2-4-8-19/h2-13H,14-15H2,1H3,(H,25,27)(H,26,28). The summed E-state index contributed by atoms with van der Waals surface area (Å²) in [6, 6.07) is 21.9. The van der Waals surface area contributed by atoms with Crippen LogP contribution in [0.25, 0.3) is 0 Å². The molecule has 0 aliphatic rings. The lowest BCUT2D eigenvalue weighted by Crippen LogP contribution is -2.20. The number of hydrogen-bond donors (Lipinski definition) is 2. The number of para-hydroxylation sites is 1. The molecular formula is C23H21ClN2O3S. The van der Waals surface area contributed by atoms with Crippen LogP contribution in [0.1, 0.15) is 5.56 Å². The van der Waals surface area contributed by atoms with Gasteiger partial charge in [0.05, 0.1) is 5.75 Å². The van der Waals surface area contributed by atoms with Gasteiger partial charge in [-0.2, -0.15) is 0 Å². The number of amides is 2. The van der Waals surface area contributed by atoms with Crippen molar-refractivity contribution in [1.82, 2.24) is 0 Å². The largest absolute Gasteiger partial charge is 0.484 e.